The Balaban J connectivity index is 2.61. The minimum atomic E-state index is 0.321. The van der Waals surface area contributed by atoms with Crippen LogP contribution in [0, 0.1) is 0 Å². The van der Waals surface area contributed by atoms with Gasteiger partial charge < -0.3 is 16.4 Å². The highest BCUT2D eigenvalue weighted by Crippen LogP contribution is 2.16. The van der Waals surface area contributed by atoms with Crippen molar-refractivity contribution < 1.29 is 0 Å². The Morgan fingerprint density at radius 1 is 1.40 bits per heavy atom. The van der Waals surface area contributed by atoms with E-state index in [0.717, 1.165) is 12.8 Å². The molecule has 0 radical (unpaired) electrons. The predicted octanol–water partition coefficient (Wildman–Crippen LogP) is 1.05. The van der Waals surface area contributed by atoms with Crippen LogP contribution >= 0.6 is 0 Å². The van der Waals surface area contributed by atoms with Crippen molar-refractivity contribution in [2.45, 2.75) is 51.7 Å². The predicted molar refractivity (Wildman–Crippen MR) is 86.5 cm³/mol. The second-order valence-corrected chi connectivity index (χ2v) is 5.08. The van der Waals surface area contributed by atoms with E-state index in [4.69, 9.17) is 5.73 Å². The number of guanidine groups is 1. The summed E-state index contributed by atoms with van der Waals surface area (Å²) >= 11 is 0. The Kier molecular flexibility index (Phi) is 6.93. The van der Waals surface area contributed by atoms with Crippen LogP contribution < -0.4 is 16.4 Å². The van der Waals surface area contributed by atoms with Gasteiger partial charge in [-0.1, -0.05) is 0 Å². The molecule has 0 aromatic rings. The van der Waals surface area contributed by atoms with Crippen molar-refractivity contribution in [2.75, 3.05) is 6.54 Å². The Hall–Kier alpha value is -1.69. The SMILES string of the molecule is C=NC(=NCC)NC(C=NC1C[C@@H](C)N[C@H](C)C1)=CN. The van der Waals surface area contributed by atoms with Gasteiger partial charge in [-0.2, -0.15) is 0 Å². The molecule has 1 heterocycles. The molecule has 6 nitrogen and oxygen atoms in total. The van der Waals surface area contributed by atoms with Gasteiger partial charge in [0.2, 0.25) is 5.96 Å². The molecule has 0 spiro atoms. The summed E-state index contributed by atoms with van der Waals surface area (Å²) in [6, 6.07) is 1.30. The fourth-order valence-electron chi connectivity index (χ4n) is 2.37. The molecule has 112 valence electrons. The first-order valence-corrected chi connectivity index (χ1v) is 7.08. The summed E-state index contributed by atoms with van der Waals surface area (Å²) in [7, 11) is 0. The average molecular weight is 278 g/mol. The molecule has 1 fully saturated rings. The normalized spacial score (nSPS) is 28.6. The Bertz CT molecular complexity index is 388. The first-order chi connectivity index (χ1) is 9.58. The van der Waals surface area contributed by atoms with Gasteiger partial charge in [0.25, 0.3) is 0 Å². The van der Waals surface area contributed by atoms with E-state index in [-0.39, 0.29) is 0 Å². The monoisotopic (exact) mass is 278 g/mol. The third-order valence-electron chi connectivity index (χ3n) is 3.14. The van der Waals surface area contributed by atoms with Crippen molar-refractivity contribution >= 4 is 18.9 Å². The molecule has 1 rings (SSSR count). The van der Waals surface area contributed by atoms with Crippen LogP contribution in [0.4, 0.5) is 0 Å². The Morgan fingerprint density at radius 3 is 2.55 bits per heavy atom. The largest absolute Gasteiger partial charge is 0.403 e. The van der Waals surface area contributed by atoms with Gasteiger partial charge in [-0.3, -0.25) is 9.98 Å². The third-order valence-corrected chi connectivity index (χ3v) is 3.14. The molecule has 20 heavy (non-hydrogen) atoms. The standard InChI is InChI=1S/C14H26N6/c1-5-17-14(16-4)20-13(8-15)9-18-12-6-10(2)19-11(3)7-12/h8-12,19H,4-7,15H2,1-3H3,(H,17,20)/t10-,11-/m1/s1. The highest BCUT2D eigenvalue weighted by atomic mass is 15.1. The summed E-state index contributed by atoms with van der Waals surface area (Å²) < 4.78 is 0. The lowest BCUT2D eigenvalue weighted by atomic mass is 9.96. The first-order valence-electron chi connectivity index (χ1n) is 7.08. The highest BCUT2D eigenvalue weighted by Gasteiger charge is 2.21. The number of piperidine rings is 1. The van der Waals surface area contributed by atoms with E-state index in [1.54, 1.807) is 6.21 Å². The molecule has 6 heteroatoms. The van der Waals surface area contributed by atoms with E-state index < -0.39 is 0 Å². The van der Waals surface area contributed by atoms with E-state index in [1.165, 1.54) is 6.20 Å². The maximum Gasteiger partial charge on any atom is 0.221 e. The molecule has 0 aliphatic carbocycles. The zero-order chi connectivity index (χ0) is 15.0. The minimum absolute atomic E-state index is 0.321. The lowest BCUT2D eigenvalue weighted by Gasteiger charge is -2.30. The van der Waals surface area contributed by atoms with Gasteiger partial charge in [0.1, 0.15) is 0 Å². The molecule has 0 amide bonds. The summed E-state index contributed by atoms with van der Waals surface area (Å²) in [6.45, 7) is 10.4. The lowest BCUT2D eigenvalue weighted by Crippen LogP contribution is -2.43. The molecule has 1 saturated heterocycles. The second kappa shape index (κ2) is 8.47. The van der Waals surface area contributed by atoms with Crippen molar-refractivity contribution in [3.63, 3.8) is 0 Å². The number of nitrogens with one attached hydrogen (secondary N) is 2. The van der Waals surface area contributed by atoms with Crippen molar-refractivity contribution in [1.29, 1.82) is 0 Å². The molecular weight excluding hydrogens is 252 g/mol. The maximum atomic E-state index is 5.60. The summed E-state index contributed by atoms with van der Waals surface area (Å²) in [5, 5.41) is 6.51. The minimum Gasteiger partial charge on any atom is -0.403 e. The Morgan fingerprint density at radius 2 is 2.05 bits per heavy atom. The zero-order valence-corrected chi connectivity index (χ0v) is 12.6. The van der Waals surface area contributed by atoms with Crippen molar-refractivity contribution in [1.82, 2.24) is 10.6 Å². The first kappa shape index (κ1) is 16.4. The maximum absolute atomic E-state index is 5.60. The number of nitrogens with zero attached hydrogens (tertiary/aromatic N) is 3. The Labute approximate surface area is 121 Å². The molecule has 1 aliphatic heterocycles. The molecule has 0 aromatic heterocycles. The van der Waals surface area contributed by atoms with Crippen LogP contribution in [0.1, 0.15) is 33.6 Å². The topological polar surface area (TPSA) is 87.2 Å². The smallest absolute Gasteiger partial charge is 0.221 e. The van der Waals surface area contributed by atoms with E-state index >= 15 is 0 Å². The van der Waals surface area contributed by atoms with Crippen LogP contribution in [0.3, 0.4) is 0 Å². The van der Waals surface area contributed by atoms with E-state index in [0.29, 0.717) is 36.3 Å². The molecule has 0 bridgehead atoms. The number of hydrogen-bond acceptors (Lipinski definition) is 4. The van der Waals surface area contributed by atoms with Gasteiger partial charge in [-0.25, -0.2) is 4.99 Å². The quantitative estimate of drug-likeness (QED) is 0.530. The van der Waals surface area contributed by atoms with Gasteiger partial charge in [0.15, 0.2) is 0 Å². The molecule has 1 aliphatic rings. The van der Waals surface area contributed by atoms with Gasteiger partial charge >= 0.3 is 0 Å². The fraction of sp³-hybridized carbons (Fsp3) is 0.643. The van der Waals surface area contributed by atoms with E-state index in [9.17, 15) is 0 Å². The van der Waals surface area contributed by atoms with Crippen molar-refractivity contribution in [3.05, 3.63) is 11.9 Å². The highest BCUT2D eigenvalue weighted by molar-refractivity contribution is 5.91. The van der Waals surface area contributed by atoms with E-state index in [2.05, 4.69) is 46.2 Å². The van der Waals surface area contributed by atoms with Crippen LogP contribution in [0.25, 0.3) is 0 Å². The number of aliphatic imine (C=N–C) groups is 3. The average Bonchev–Trinajstić information content (AvgIpc) is 2.41. The summed E-state index contributed by atoms with van der Waals surface area (Å²) in [4.78, 5) is 12.6. The number of hydrogen-bond donors (Lipinski definition) is 3. The number of nitrogens with two attached hydrogens (primary N) is 1. The van der Waals surface area contributed by atoms with Crippen LogP contribution in [-0.2, 0) is 0 Å². The van der Waals surface area contributed by atoms with Gasteiger partial charge in [0, 0.05) is 31.0 Å². The lowest BCUT2D eigenvalue weighted by molar-refractivity contribution is 0.319. The van der Waals surface area contributed by atoms with Gasteiger partial charge in [-0.15, -0.1) is 0 Å². The van der Waals surface area contributed by atoms with Crippen LogP contribution in [0.5, 0.6) is 0 Å². The van der Waals surface area contributed by atoms with Crippen LogP contribution in [-0.4, -0.2) is 43.6 Å². The van der Waals surface area contributed by atoms with Gasteiger partial charge in [0.05, 0.1) is 11.7 Å². The zero-order valence-electron chi connectivity index (χ0n) is 12.6. The number of rotatable bonds is 4. The molecule has 0 saturated carbocycles. The molecule has 2 atom stereocenters. The van der Waals surface area contributed by atoms with Crippen molar-refractivity contribution in [2.24, 2.45) is 20.7 Å². The second-order valence-electron chi connectivity index (χ2n) is 5.08. The molecule has 0 aromatic carbocycles. The van der Waals surface area contributed by atoms with Crippen LogP contribution in [0.2, 0.25) is 0 Å². The fourth-order valence-corrected chi connectivity index (χ4v) is 2.37. The summed E-state index contributed by atoms with van der Waals surface area (Å²) in [6.07, 6.45) is 5.29. The number of allylic oxidation sites excluding steroid dienone is 1. The summed E-state index contributed by atoms with van der Waals surface area (Å²) in [5.74, 6) is 0.461. The molecular formula is C14H26N6. The van der Waals surface area contributed by atoms with Gasteiger partial charge in [-0.05, 0) is 40.3 Å². The van der Waals surface area contributed by atoms with E-state index in [1.807, 2.05) is 6.92 Å². The molecule has 0 unspecified atom stereocenters. The van der Waals surface area contributed by atoms with Crippen LogP contribution in [0.15, 0.2) is 26.9 Å². The van der Waals surface area contributed by atoms with Crippen molar-refractivity contribution in [3.8, 4) is 0 Å². The molecule has 4 N–H and O–H groups in total. The third kappa shape index (κ3) is 5.52. The summed E-state index contributed by atoms with van der Waals surface area (Å²) in [5.41, 5.74) is 6.28.